The summed E-state index contributed by atoms with van der Waals surface area (Å²) in [5.41, 5.74) is 3.59. The van der Waals surface area contributed by atoms with Gasteiger partial charge in [-0.25, -0.2) is 4.98 Å². The maximum atomic E-state index is 5.76. The van der Waals surface area contributed by atoms with Crippen LogP contribution >= 0.6 is 24.0 Å². The van der Waals surface area contributed by atoms with Gasteiger partial charge in [0.25, 0.3) is 0 Å². The number of aryl methyl sites for hydroxylation is 3. The lowest BCUT2D eigenvalue weighted by molar-refractivity contribution is 0.305. The summed E-state index contributed by atoms with van der Waals surface area (Å²) in [5, 5.41) is 1.01. The molecule has 2 aromatic rings. The third-order valence-electron chi connectivity index (χ3n) is 2.92. The van der Waals surface area contributed by atoms with Gasteiger partial charge in [-0.05, 0) is 44.0 Å². The maximum Gasteiger partial charge on any atom is 0.140 e. The third kappa shape index (κ3) is 3.06. The van der Waals surface area contributed by atoms with Gasteiger partial charge in [-0.3, -0.25) is 0 Å². The van der Waals surface area contributed by atoms with E-state index in [1.165, 1.54) is 16.0 Å². The average molecular weight is 279 g/mol. The molecule has 0 radical (unpaired) electrons. The molecule has 0 saturated carbocycles. The monoisotopic (exact) mass is 279 g/mol. The minimum Gasteiger partial charge on any atom is -0.486 e. The summed E-state index contributed by atoms with van der Waals surface area (Å²) in [7, 11) is 0. The predicted octanol–water partition coefficient (Wildman–Crippen LogP) is 4.08. The Morgan fingerprint density at radius 3 is 2.61 bits per heavy atom. The molecular formula is C14H17NOS2. The lowest BCUT2D eigenvalue weighted by atomic mass is 10.1. The SMILES string of the molecule is Cc1ccc(OCc2nc(C)c(CS)s2)cc1C. The summed E-state index contributed by atoms with van der Waals surface area (Å²) in [4.78, 5) is 5.70. The molecule has 0 aliphatic rings. The van der Waals surface area contributed by atoms with Crippen LogP contribution in [0.3, 0.4) is 0 Å². The summed E-state index contributed by atoms with van der Waals surface area (Å²) in [5.74, 6) is 1.64. The molecule has 0 atom stereocenters. The number of benzene rings is 1. The number of aromatic nitrogens is 1. The second-order valence-corrected chi connectivity index (χ2v) is 5.79. The van der Waals surface area contributed by atoms with E-state index in [9.17, 15) is 0 Å². The molecule has 0 bridgehead atoms. The fourth-order valence-electron chi connectivity index (χ4n) is 1.65. The molecule has 1 aromatic heterocycles. The standard InChI is InChI=1S/C14H17NOS2/c1-9-4-5-12(6-10(9)2)16-7-14-15-11(3)13(8-17)18-14/h4-6,17H,7-8H2,1-3H3. The van der Waals surface area contributed by atoms with Crippen LogP contribution in [-0.4, -0.2) is 4.98 Å². The minimum absolute atomic E-state index is 0.530. The second kappa shape index (κ2) is 5.76. The molecule has 18 heavy (non-hydrogen) atoms. The average Bonchev–Trinajstić information content (AvgIpc) is 2.71. The first kappa shape index (κ1) is 13.4. The van der Waals surface area contributed by atoms with Crippen LogP contribution in [0.15, 0.2) is 18.2 Å². The van der Waals surface area contributed by atoms with E-state index in [-0.39, 0.29) is 0 Å². The van der Waals surface area contributed by atoms with Gasteiger partial charge >= 0.3 is 0 Å². The number of ether oxygens (including phenoxy) is 1. The Kier molecular flexibility index (Phi) is 4.30. The zero-order valence-corrected chi connectivity index (χ0v) is 12.6. The Hall–Kier alpha value is -1.00. The van der Waals surface area contributed by atoms with E-state index in [1.54, 1.807) is 11.3 Å². The van der Waals surface area contributed by atoms with E-state index < -0.39 is 0 Å². The smallest absolute Gasteiger partial charge is 0.140 e. The van der Waals surface area contributed by atoms with Crippen molar-refractivity contribution in [2.45, 2.75) is 33.1 Å². The van der Waals surface area contributed by atoms with Crippen molar-refractivity contribution in [3.8, 4) is 5.75 Å². The van der Waals surface area contributed by atoms with Crippen molar-refractivity contribution in [1.29, 1.82) is 0 Å². The quantitative estimate of drug-likeness (QED) is 0.852. The fourth-order valence-corrected chi connectivity index (χ4v) is 2.91. The highest BCUT2D eigenvalue weighted by Gasteiger charge is 2.07. The van der Waals surface area contributed by atoms with Crippen LogP contribution < -0.4 is 4.74 Å². The number of thiol groups is 1. The molecular weight excluding hydrogens is 262 g/mol. The van der Waals surface area contributed by atoms with Gasteiger partial charge in [0.15, 0.2) is 0 Å². The molecule has 0 N–H and O–H groups in total. The van der Waals surface area contributed by atoms with E-state index in [0.717, 1.165) is 22.2 Å². The highest BCUT2D eigenvalue weighted by Crippen LogP contribution is 2.22. The topological polar surface area (TPSA) is 22.1 Å². The molecule has 0 aliphatic heterocycles. The Bertz CT molecular complexity index is 549. The Morgan fingerprint density at radius 1 is 1.22 bits per heavy atom. The first-order valence-electron chi connectivity index (χ1n) is 5.86. The number of nitrogens with zero attached hydrogens (tertiary/aromatic N) is 1. The zero-order valence-electron chi connectivity index (χ0n) is 10.9. The fraction of sp³-hybridized carbons (Fsp3) is 0.357. The summed E-state index contributed by atoms with van der Waals surface area (Å²) >= 11 is 5.96. The van der Waals surface area contributed by atoms with Gasteiger partial charge in [-0.15, -0.1) is 11.3 Å². The van der Waals surface area contributed by atoms with Crippen LogP contribution in [0.5, 0.6) is 5.75 Å². The van der Waals surface area contributed by atoms with Crippen molar-refractivity contribution in [3.63, 3.8) is 0 Å². The molecule has 1 aromatic carbocycles. The van der Waals surface area contributed by atoms with E-state index in [4.69, 9.17) is 4.74 Å². The summed E-state index contributed by atoms with van der Waals surface area (Å²) in [6, 6.07) is 6.15. The first-order valence-corrected chi connectivity index (χ1v) is 7.31. The van der Waals surface area contributed by atoms with E-state index in [0.29, 0.717) is 6.61 Å². The van der Waals surface area contributed by atoms with Crippen molar-refractivity contribution < 1.29 is 4.74 Å². The van der Waals surface area contributed by atoms with E-state index >= 15 is 0 Å². The number of hydrogen-bond donors (Lipinski definition) is 1. The second-order valence-electron chi connectivity index (χ2n) is 4.31. The lowest BCUT2D eigenvalue weighted by Gasteiger charge is -2.06. The van der Waals surface area contributed by atoms with E-state index in [2.05, 4.69) is 43.6 Å². The molecule has 0 amide bonds. The molecule has 1 heterocycles. The first-order chi connectivity index (χ1) is 8.60. The van der Waals surface area contributed by atoms with Gasteiger partial charge in [0.1, 0.15) is 17.4 Å². The van der Waals surface area contributed by atoms with Crippen LogP contribution in [0.4, 0.5) is 0 Å². The highest BCUT2D eigenvalue weighted by atomic mass is 32.1. The molecule has 0 aliphatic carbocycles. The van der Waals surface area contributed by atoms with Gasteiger partial charge < -0.3 is 4.74 Å². The molecule has 0 saturated heterocycles. The summed E-state index contributed by atoms with van der Waals surface area (Å²) in [6.07, 6.45) is 0. The van der Waals surface area contributed by atoms with Crippen LogP contribution in [-0.2, 0) is 12.4 Å². The van der Waals surface area contributed by atoms with Gasteiger partial charge in [-0.1, -0.05) is 6.07 Å². The molecule has 0 unspecified atom stereocenters. The molecule has 0 spiro atoms. The molecule has 2 rings (SSSR count). The predicted molar refractivity (Wildman–Crippen MR) is 79.8 cm³/mol. The molecule has 2 nitrogen and oxygen atoms in total. The Balaban J connectivity index is 2.04. The molecule has 96 valence electrons. The number of hydrogen-bond acceptors (Lipinski definition) is 4. The van der Waals surface area contributed by atoms with Crippen LogP contribution in [0.25, 0.3) is 0 Å². The highest BCUT2D eigenvalue weighted by molar-refractivity contribution is 7.79. The zero-order chi connectivity index (χ0) is 13.1. The third-order valence-corrected chi connectivity index (χ3v) is 4.58. The van der Waals surface area contributed by atoms with Gasteiger partial charge in [0.05, 0.1) is 5.69 Å². The lowest BCUT2D eigenvalue weighted by Crippen LogP contribution is -1.95. The van der Waals surface area contributed by atoms with Crippen LogP contribution in [0, 0.1) is 20.8 Å². The van der Waals surface area contributed by atoms with Crippen molar-refractivity contribution >= 4 is 24.0 Å². The van der Waals surface area contributed by atoms with Crippen LogP contribution in [0.1, 0.15) is 26.7 Å². The minimum atomic E-state index is 0.530. The summed E-state index contributed by atoms with van der Waals surface area (Å²) in [6.45, 7) is 6.74. The largest absolute Gasteiger partial charge is 0.486 e. The Morgan fingerprint density at radius 2 is 2.00 bits per heavy atom. The molecule has 4 heteroatoms. The van der Waals surface area contributed by atoms with Crippen molar-refractivity contribution in [1.82, 2.24) is 4.98 Å². The van der Waals surface area contributed by atoms with Gasteiger partial charge in [0.2, 0.25) is 0 Å². The number of thiazole rings is 1. The molecule has 0 fully saturated rings. The van der Waals surface area contributed by atoms with Crippen molar-refractivity contribution in [2.75, 3.05) is 0 Å². The van der Waals surface area contributed by atoms with Gasteiger partial charge in [-0.2, -0.15) is 12.6 Å². The normalized spacial score (nSPS) is 10.7. The number of rotatable bonds is 4. The Labute approximate surface area is 117 Å². The van der Waals surface area contributed by atoms with Crippen molar-refractivity contribution in [3.05, 3.63) is 44.9 Å². The summed E-state index contributed by atoms with van der Waals surface area (Å²) < 4.78 is 5.76. The van der Waals surface area contributed by atoms with Crippen LogP contribution in [0.2, 0.25) is 0 Å². The van der Waals surface area contributed by atoms with Crippen molar-refractivity contribution in [2.24, 2.45) is 0 Å². The maximum absolute atomic E-state index is 5.76. The van der Waals surface area contributed by atoms with E-state index in [1.807, 2.05) is 13.0 Å². The van der Waals surface area contributed by atoms with Gasteiger partial charge in [0, 0.05) is 10.6 Å².